The van der Waals surface area contributed by atoms with E-state index in [9.17, 15) is 0 Å². The first-order valence-electron chi connectivity index (χ1n) is 4.04. The van der Waals surface area contributed by atoms with Gasteiger partial charge >= 0.3 is 0 Å². The monoisotopic (exact) mass is 160 g/mol. The van der Waals surface area contributed by atoms with Gasteiger partial charge in [-0.25, -0.2) is 4.98 Å². The van der Waals surface area contributed by atoms with Crippen molar-refractivity contribution in [3.05, 3.63) is 30.1 Å². The molecule has 3 nitrogen and oxygen atoms in total. The number of aryl methyl sites for hydroxylation is 2. The van der Waals surface area contributed by atoms with Gasteiger partial charge in [0.25, 0.3) is 0 Å². The van der Waals surface area contributed by atoms with Gasteiger partial charge in [0.1, 0.15) is 5.76 Å². The third kappa shape index (κ3) is 0.630. The van der Waals surface area contributed by atoms with Crippen LogP contribution in [0.5, 0.6) is 0 Å². The van der Waals surface area contributed by atoms with Crippen LogP contribution in [0.4, 0.5) is 0 Å². The highest BCUT2D eigenvalue weighted by Gasteiger charge is 2.19. The lowest BCUT2D eigenvalue weighted by atomic mass is 10.00. The zero-order chi connectivity index (χ0) is 7.97. The number of hydrogen-bond acceptors (Lipinski definition) is 2. The molecule has 1 aliphatic rings. The minimum absolute atomic E-state index is 0.984. The van der Waals surface area contributed by atoms with Crippen molar-refractivity contribution >= 4 is 0 Å². The lowest BCUT2D eigenvalue weighted by Crippen LogP contribution is -2.00. The lowest BCUT2D eigenvalue weighted by molar-refractivity contribution is 0.506. The van der Waals surface area contributed by atoms with E-state index in [0.29, 0.717) is 0 Å². The first kappa shape index (κ1) is 6.06. The van der Waals surface area contributed by atoms with Gasteiger partial charge in [-0.1, -0.05) is 0 Å². The van der Waals surface area contributed by atoms with Crippen LogP contribution in [0, 0.1) is 0 Å². The van der Waals surface area contributed by atoms with E-state index in [-0.39, 0.29) is 0 Å². The van der Waals surface area contributed by atoms with Crippen LogP contribution < -0.4 is 0 Å². The highest BCUT2D eigenvalue weighted by molar-refractivity contribution is 5.65. The first-order valence-corrected chi connectivity index (χ1v) is 4.04. The van der Waals surface area contributed by atoms with E-state index < -0.39 is 0 Å². The van der Waals surface area contributed by atoms with Crippen molar-refractivity contribution in [2.45, 2.75) is 12.8 Å². The van der Waals surface area contributed by atoms with Crippen molar-refractivity contribution in [2.75, 3.05) is 0 Å². The fourth-order valence-corrected chi connectivity index (χ4v) is 1.73. The number of aromatic amines is 1. The normalized spacial score (nSPS) is 14.0. The molecule has 0 amide bonds. The van der Waals surface area contributed by atoms with Gasteiger partial charge in [0.05, 0.1) is 18.3 Å². The van der Waals surface area contributed by atoms with Crippen molar-refractivity contribution in [1.29, 1.82) is 0 Å². The number of nitrogens with one attached hydrogen (secondary N) is 1. The van der Waals surface area contributed by atoms with Crippen LogP contribution in [0.25, 0.3) is 11.3 Å². The Hall–Kier alpha value is -1.51. The molecule has 3 rings (SSSR count). The zero-order valence-corrected chi connectivity index (χ0v) is 6.50. The summed E-state index contributed by atoms with van der Waals surface area (Å²) in [5.74, 6) is 1.06. The molecule has 12 heavy (non-hydrogen) atoms. The molecule has 2 aromatic rings. The predicted octanol–water partition coefficient (Wildman–Crippen LogP) is 1.77. The number of rotatable bonds is 0. The Labute approximate surface area is 69.4 Å². The largest absolute Gasteiger partial charge is 0.469 e. The summed E-state index contributed by atoms with van der Waals surface area (Å²) >= 11 is 0. The summed E-state index contributed by atoms with van der Waals surface area (Å²) in [5.41, 5.74) is 3.44. The van der Waals surface area contributed by atoms with Crippen LogP contribution >= 0.6 is 0 Å². The Balaban J connectivity index is 2.32. The molecule has 2 aromatic heterocycles. The maximum absolute atomic E-state index is 5.33. The summed E-state index contributed by atoms with van der Waals surface area (Å²) < 4.78 is 5.33. The summed E-state index contributed by atoms with van der Waals surface area (Å²) in [6, 6.07) is 1.98. The average molecular weight is 160 g/mol. The lowest BCUT2D eigenvalue weighted by Gasteiger charge is -2.08. The second-order valence-electron chi connectivity index (χ2n) is 2.99. The number of hydrogen-bond donors (Lipinski definition) is 1. The summed E-state index contributed by atoms with van der Waals surface area (Å²) in [7, 11) is 0. The zero-order valence-electron chi connectivity index (χ0n) is 6.50. The van der Waals surface area contributed by atoms with E-state index in [0.717, 1.165) is 29.9 Å². The molecule has 0 aromatic carbocycles. The minimum Gasteiger partial charge on any atom is -0.469 e. The smallest absolute Gasteiger partial charge is 0.113 e. The Bertz CT molecular complexity index is 373. The second-order valence-corrected chi connectivity index (χ2v) is 2.99. The van der Waals surface area contributed by atoms with Crippen molar-refractivity contribution in [1.82, 2.24) is 9.97 Å². The Morgan fingerprint density at radius 3 is 3.42 bits per heavy atom. The minimum atomic E-state index is 0.984. The Kier molecular flexibility index (Phi) is 1.01. The van der Waals surface area contributed by atoms with Crippen molar-refractivity contribution in [2.24, 2.45) is 0 Å². The fourth-order valence-electron chi connectivity index (χ4n) is 1.73. The van der Waals surface area contributed by atoms with Crippen LogP contribution in [0.15, 0.2) is 23.1 Å². The molecule has 0 fully saturated rings. The molecule has 0 aliphatic heterocycles. The van der Waals surface area contributed by atoms with Crippen molar-refractivity contribution < 1.29 is 4.42 Å². The molecule has 2 heterocycles. The van der Waals surface area contributed by atoms with E-state index in [1.807, 2.05) is 6.07 Å². The van der Waals surface area contributed by atoms with Gasteiger partial charge in [-0.3, -0.25) is 0 Å². The number of nitrogens with zero attached hydrogens (tertiary/aromatic N) is 1. The number of aromatic nitrogens is 2. The van der Waals surface area contributed by atoms with Gasteiger partial charge in [0, 0.05) is 17.7 Å². The van der Waals surface area contributed by atoms with Crippen LogP contribution in [0.3, 0.4) is 0 Å². The molecule has 0 saturated carbocycles. The molecule has 1 aliphatic carbocycles. The molecule has 3 heteroatoms. The Morgan fingerprint density at radius 2 is 2.42 bits per heavy atom. The van der Waals surface area contributed by atoms with E-state index in [2.05, 4.69) is 9.97 Å². The number of fused-ring (bicyclic) bond motifs is 3. The highest BCUT2D eigenvalue weighted by atomic mass is 16.3. The SMILES string of the molecule is c1nc2c([nH]1)CCc1occc1-2. The summed E-state index contributed by atoms with van der Waals surface area (Å²) in [6.07, 6.45) is 5.47. The Morgan fingerprint density at radius 1 is 1.42 bits per heavy atom. The van der Waals surface area contributed by atoms with E-state index in [1.165, 1.54) is 5.69 Å². The van der Waals surface area contributed by atoms with Crippen LogP contribution in [-0.2, 0) is 12.8 Å². The number of imidazole rings is 1. The van der Waals surface area contributed by atoms with Gasteiger partial charge in [0.15, 0.2) is 0 Å². The predicted molar refractivity (Wildman–Crippen MR) is 43.7 cm³/mol. The van der Waals surface area contributed by atoms with Crippen molar-refractivity contribution in [3.63, 3.8) is 0 Å². The van der Waals surface area contributed by atoms with Gasteiger partial charge in [-0.05, 0) is 12.5 Å². The molecule has 0 unspecified atom stereocenters. The maximum Gasteiger partial charge on any atom is 0.113 e. The third-order valence-electron chi connectivity index (χ3n) is 2.32. The molecule has 0 saturated heterocycles. The molecule has 0 atom stereocenters. The molecular formula is C9H8N2O. The fraction of sp³-hybridized carbons (Fsp3) is 0.222. The van der Waals surface area contributed by atoms with E-state index in [4.69, 9.17) is 4.42 Å². The molecule has 1 N–H and O–H groups in total. The van der Waals surface area contributed by atoms with Crippen LogP contribution in [0.2, 0.25) is 0 Å². The molecule has 60 valence electrons. The molecule has 0 bridgehead atoms. The number of H-pyrrole nitrogens is 1. The van der Waals surface area contributed by atoms with Gasteiger partial charge in [-0.15, -0.1) is 0 Å². The van der Waals surface area contributed by atoms with Gasteiger partial charge < -0.3 is 9.40 Å². The number of furan rings is 1. The summed E-state index contributed by atoms with van der Waals surface area (Å²) in [5, 5.41) is 0. The standard InChI is InChI=1S/C9H8N2O/c1-2-8-6(3-4-12-8)9-7(1)10-5-11-9/h3-5H,1-2H2,(H,10,11). The third-order valence-corrected chi connectivity index (χ3v) is 2.32. The second kappa shape index (κ2) is 2.00. The maximum atomic E-state index is 5.33. The van der Waals surface area contributed by atoms with Crippen LogP contribution in [0.1, 0.15) is 11.5 Å². The van der Waals surface area contributed by atoms with Gasteiger partial charge in [0.2, 0.25) is 0 Å². The quantitative estimate of drug-likeness (QED) is 0.638. The molecular weight excluding hydrogens is 152 g/mol. The first-order chi connectivity index (χ1) is 5.95. The molecule has 0 spiro atoms. The summed E-state index contributed by atoms with van der Waals surface area (Å²) in [4.78, 5) is 7.39. The van der Waals surface area contributed by atoms with Gasteiger partial charge in [-0.2, -0.15) is 0 Å². The van der Waals surface area contributed by atoms with E-state index in [1.54, 1.807) is 12.6 Å². The topological polar surface area (TPSA) is 41.8 Å². The average Bonchev–Trinajstić information content (AvgIpc) is 2.71. The van der Waals surface area contributed by atoms with Crippen molar-refractivity contribution in [3.8, 4) is 11.3 Å². The highest BCUT2D eigenvalue weighted by Crippen LogP contribution is 2.31. The van der Waals surface area contributed by atoms with Crippen LogP contribution in [-0.4, -0.2) is 9.97 Å². The summed E-state index contributed by atoms with van der Waals surface area (Å²) in [6.45, 7) is 0. The van der Waals surface area contributed by atoms with E-state index >= 15 is 0 Å². The molecule has 0 radical (unpaired) electrons.